The number of benzene rings is 1. The van der Waals surface area contributed by atoms with Crippen LogP contribution in [-0.2, 0) is 7.05 Å². The lowest BCUT2D eigenvalue weighted by molar-refractivity contribution is 0.111. The SMILES string of the molecule is Cn1c(C=O)cc2c3cc(Cl)ccc3oc21. The third kappa shape index (κ3) is 1.12. The standard InChI is InChI=1S/C12H8ClNO2/c1-14-8(6-15)5-10-9-4-7(13)2-3-11(9)16-12(10)14/h2-6H,1H3. The van der Waals surface area contributed by atoms with Gasteiger partial charge in [0.25, 0.3) is 0 Å². The number of fused-ring (bicyclic) bond motifs is 3. The monoisotopic (exact) mass is 233 g/mol. The van der Waals surface area contributed by atoms with Crippen molar-refractivity contribution in [2.75, 3.05) is 0 Å². The molecule has 0 saturated heterocycles. The van der Waals surface area contributed by atoms with Crippen LogP contribution in [-0.4, -0.2) is 10.9 Å². The number of nitrogens with zero attached hydrogens (tertiary/aromatic N) is 1. The molecule has 3 nitrogen and oxygen atoms in total. The molecule has 0 aliphatic rings. The number of carbonyl (C=O) groups excluding carboxylic acids is 1. The van der Waals surface area contributed by atoms with Crippen LogP contribution in [0.2, 0.25) is 5.02 Å². The minimum Gasteiger partial charge on any atom is -0.440 e. The summed E-state index contributed by atoms with van der Waals surface area (Å²) >= 11 is 5.94. The van der Waals surface area contributed by atoms with E-state index in [-0.39, 0.29) is 0 Å². The molecule has 0 bridgehead atoms. The summed E-state index contributed by atoms with van der Waals surface area (Å²) in [6, 6.07) is 7.27. The molecule has 1 aromatic carbocycles. The zero-order valence-corrected chi connectivity index (χ0v) is 9.28. The Morgan fingerprint density at radius 1 is 1.31 bits per heavy atom. The van der Waals surface area contributed by atoms with E-state index >= 15 is 0 Å². The second-order valence-electron chi connectivity index (χ2n) is 3.71. The summed E-state index contributed by atoms with van der Waals surface area (Å²) < 4.78 is 7.40. The summed E-state index contributed by atoms with van der Waals surface area (Å²) in [5.41, 5.74) is 2.07. The first-order valence-corrected chi connectivity index (χ1v) is 5.21. The number of hydrogen-bond donors (Lipinski definition) is 0. The van der Waals surface area contributed by atoms with Gasteiger partial charge in [0.1, 0.15) is 5.58 Å². The highest BCUT2D eigenvalue weighted by Gasteiger charge is 2.13. The van der Waals surface area contributed by atoms with E-state index in [1.807, 2.05) is 18.2 Å². The van der Waals surface area contributed by atoms with Crippen LogP contribution in [0.1, 0.15) is 10.5 Å². The molecule has 3 aromatic rings. The average molecular weight is 234 g/mol. The molecular formula is C12H8ClNO2. The maximum Gasteiger partial charge on any atom is 0.208 e. The van der Waals surface area contributed by atoms with Gasteiger partial charge in [-0.05, 0) is 24.3 Å². The Kier molecular flexibility index (Phi) is 1.85. The van der Waals surface area contributed by atoms with Gasteiger partial charge in [-0.15, -0.1) is 0 Å². The van der Waals surface area contributed by atoms with Gasteiger partial charge < -0.3 is 8.98 Å². The summed E-state index contributed by atoms with van der Waals surface area (Å²) in [7, 11) is 1.80. The molecule has 0 radical (unpaired) electrons. The molecule has 0 aliphatic carbocycles. The summed E-state index contributed by atoms with van der Waals surface area (Å²) in [5, 5.41) is 2.51. The maximum absolute atomic E-state index is 10.8. The fourth-order valence-corrected chi connectivity index (χ4v) is 2.11. The van der Waals surface area contributed by atoms with Crippen molar-refractivity contribution < 1.29 is 9.21 Å². The normalized spacial score (nSPS) is 11.4. The second-order valence-corrected chi connectivity index (χ2v) is 4.14. The molecule has 0 unspecified atom stereocenters. The van der Waals surface area contributed by atoms with E-state index in [1.165, 1.54) is 0 Å². The van der Waals surface area contributed by atoms with Gasteiger partial charge in [0.2, 0.25) is 5.71 Å². The number of carbonyl (C=O) groups is 1. The van der Waals surface area contributed by atoms with Crippen molar-refractivity contribution in [3.8, 4) is 0 Å². The van der Waals surface area contributed by atoms with Gasteiger partial charge in [0, 0.05) is 22.8 Å². The van der Waals surface area contributed by atoms with E-state index in [4.69, 9.17) is 16.0 Å². The lowest BCUT2D eigenvalue weighted by atomic mass is 10.2. The number of rotatable bonds is 1. The summed E-state index contributed by atoms with van der Waals surface area (Å²) in [6.45, 7) is 0. The van der Waals surface area contributed by atoms with E-state index in [9.17, 15) is 4.79 Å². The molecule has 0 saturated carbocycles. The topological polar surface area (TPSA) is 35.1 Å². The first-order chi connectivity index (χ1) is 7.70. The number of furan rings is 1. The van der Waals surface area contributed by atoms with Crippen molar-refractivity contribution in [2.24, 2.45) is 7.05 Å². The quantitative estimate of drug-likeness (QED) is 0.604. The molecule has 80 valence electrons. The Labute approximate surface area is 96.2 Å². The molecule has 2 heterocycles. The van der Waals surface area contributed by atoms with Gasteiger partial charge >= 0.3 is 0 Å². The first kappa shape index (κ1) is 9.48. The molecule has 0 fully saturated rings. The van der Waals surface area contributed by atoms with Crippen LogP contribution in [0.5, 0.6) is 0 Å². The highest BCUT2D eigenvalue weighted by atomic mass is 35.5. The molecular weight excluding hydrogens is 226 g/mol. The molecule has 0 amide bonds. The van der Waals surface area contributed by atoms with E-state index in [1.54, 1.807) is 17.7 Å². The van der Waals surface area contributed by atoms with Crippen molar-refractivity contribution in [1.29, 1.82) is 0 Å². The number of aldehydes is 1. The summed E-state index contributed by atoms with van der Waals surface area (Å²) in [4.78, 5) is 10.8. The van der Waals surface area contributed by atoms with Gasteiger partial charge in [-0.25, -0.2) is 0 Å². The Bertz CT molecular complexity index is 709. The van der Waals surface area contributed by atoms with Gasteiger partial charge in [-0.2, -0.15) is 0 Å². The van der Waals surface area contributed by atoms with Crippen LogP contribution in [0.4, 0.5) is 0 Å². The average Bonchev–Trinajstić information content (AvgIpc) is 2.77. The van der Waals surface area contributed by atoms with Gasteiger partial charge in [0.15, 0.2) is 6.29 Å². The van der Waals surface area contributed by atoms with Gasteiger partial charge in [-0.1, -0.05) is 11.6 Å². The molecule has 16 heavy (non-hydrogen) atoms. The van der Waals surface area contributed by atoms with Crippen molar-refractivity contribution >= 4 is 40.0 Å². The van der Waals surface area contributed by atoms with Crippen molar-refractivity contribution in [1.82, 2.24) is 4.57 Å². The Morgan fingerprint density at radius 2 is 2.12 bits per heavy atom. The van der Waals surface area contributed by atoms with Crippen LogP contribution in [0, 0.1) is 0 Å². The Balaban J connectivity index is 2.51. The Hall–Kier alpha value is -1.74. The fourth-order valence-electron chi connectivity index (χ4n) is 1.94. The molecule has 0 atom stereocenters. The third-order valence-electron chi connectivity index (χ3n) is 2.77. The van der Waals surface area contributed by atoms with Crippen LogP contribution in [0.15, 0.2) is 28.7 Å². The molecule has 3 rings (SSSR count). The van der Waals surface area contributed by atoms with E-state index < -0.39 is 0 Å². The predicted molar refractivity (Wildman–Crippen MR) is 63.1 cm³/mol. The van der Waals surface area contributed by atoms with Crippen LogP contribution in [0.3, 0.4) is 0 Å². The fraction of sp³-hybridized carbons (Fsp3) is 0.0833. The number of hydrogen-bond acceptors (Lipinski definition) is 2. The summed E-state index contributed by atoms with van der Waals surface area (Å²) in [6.07, 6.45) is 0.811. The Morgan fingerprint density at radius 3 is 2.88 bits per heavy atom. The third-order valence-corrected chi connectivity index (χ3v) is 3.01. The van der Waals surface area contributed by atoms with Crippen molar-refractivity contribution in [3.63, 3.8) is 0 Å². The van der Waals surface area contributed by atoms with E-state index in [0.717, 1.165) is 22.6 Å². The van der Waals surface area contributed by atoms with E-state index in [0.29, 0.717) is 16.4 Å². The largest absolute Gasteiger partial charge is 0.440 e. The van der Waals surface area contributed by atoms with Crippen molar-refractivity contribution in [2.45, 2.75) is 0 Å². The first-order valence-electron chi connectivity index (χ1n) is 4.83. The van der Waals surface area contributed by atoms with Crippen molar-refractivity contribution in [3.05, 3.63) is 35.0 Å². The molecule has 4 heteroatoms. The lowest BCUT2D eigenvalue weighted by Crippen LogP contribution is -1.92. The summed E-state index contributed by atoms with van der Waals surface area (Å²) in [5.74, 6) is 0. The van der Waals surface area contributed by atoms with E-state index in [2.05, 4.69) is 0 Å². The minimum absolute atomic E-state index is 0.593. The molecule has 0 N–H and O–H groups in total. The number of halogens is 1. The minimum atomic E-state index is 0.593. The number of aromatic nitrogens is 1. The van der Waals surface area contributed by atoms with Crippen LogP contribution < -0.4 is 0 Å². The number of aryl methyl sites for hydroxylation is 1. The lowest BCUT2D eigenvalue weighted by Gasteiger charge is -1.93. The zero-order chi connectivity index (χ0) is 11.3. The zero-order valence-electron chi connectivity index (χ0n) is 8.53. The van der Waals surface area contributed by atoms with Crippen LogP contribution >= 0.6 is 11.6 Å². The molecule has 2 aromatic heterocycles. The highest BCUT2D eigenvalue weighted by Crippen LogP contribution is 2.32. The molecule has 0 aliphatic heterocycles. The molecule has 0 spiro atoms. The maximum atomic E-state index is 10.8. The van der Waals surface area contributed by atoms with Gasteiger partial charge in [0.05, 0.1) is 5.69 Å². The predicted octanol–water partition coefficient (Wildman–Crippen LogP) is 3.39. The smallest absolute Gasteiger partial charge is 0.208 e. The second kappa shape index (κ2) is 3.12. The van der Waals surface area contributed by atoms with Crippen LogP contribution in [0.25, 0.3) is 22.1 Å². The van der Waals surface area contributed by atoms with Gasteiger partial charge in [-0.3, -0.25) is 4.79 Å². The highest BCUT2D eigenvalue weighted by molar-refractivity contribution is 6.31.